The molecule has 1 rings (SSSR count). The first-order valence-electron chi connectivity index (χ1n) is 4.45. The number of hydrogen-bond donors (Lipinski definition) is 0. The van der Waals surface area contributed by atoms with Gasteiger partial charge in [0.2, 0.25) is 0 Å². The van der Waals surface area contributed by atoms with Crippen molar-refractivity contribution in [2.45, 2.75) is 13.3 Å². The van der Waals surface area contributed by atoms with E-state index in [1.54, 1.807) is 18.2 Å². The van der Waals surface area contributed by atoms with Crippen molar-refractivity contribution in [2.24, 2.45) is 0 Å². The van der Waals surface area contributed by atoms with Crippen molar-refractivity contribution in [3.63, 3.8) is 0 Å². The van der Waals surface area contributed by atoms with Gasteiger partial charge in [-0.15, -0.1) is 0 Å². The molecule has 0 saturated carbocycles. The van der Waals surface area contributed by atoms with Crippen LogP contribution in [0.15, 0.2) is 18.2 Å². The highest BCUT2D eigenvalue weighted by Gasteiger charge is 2.04. The molecule has 1 aromatic rings. The van der Waals surface area contributed by atoms with Crippen molar-refractivity contribution in [1.82, 2.24) is 0 Å². The molecule has 0 bridgehead atoms. The molecule has 0 spiro atoms. The smallest absolute Gasteiger partial charge is 0.138 e. The fraction of sp³-hybridized carbons (Fsp3) is 0.273. The standard InChI is InChI=1S/C11H10ClNO2/c1-8(14)4-5-15-11-6-10(12)3-2-9(11)7-13/h2-3,6H,4-5H2,1H3. The van der Waals surface area contributed by atoms with Crippen LogP contribution in [0.25, 0.3) is 0 Å². The van der Waals surface area contributed by atoms with Gasteiger partial charge in [0.1, 0.15) is 17.6 Å². The summed E-state index contributed by atoms with van der Waals surface area (Å²) in [6, 6.07) is 6.77. The van der Waals surface area contributed by atoms with E-state index >= 15 is 0 Å². The molecule has 0 fully saturated rings. The van der Waals surface area contributed by atoms with E-state index in [1.807, 2.05) is 6.07 Å². The summed E-state index contributed by atoms with van der Waals surface area (Å²) in [5, 5.41) is 9.28. The third-order valence-electron chi connectivity index (χ3n) is 1.78. The Balaban J connectivity index is 2.71. The van der Waals surface area contributed by atoms with Gasteiger partial charge in [0.25, 0.3) is 0 Å². The summed E-state index contributed by atoms with van der Waals surface area (Å²) < 4.78 is 5.29. The van der Waals surface area contributed by atoms with Crippen LogP contribution in [-0.2, 0) is 4.79 Å². The van der Waals surface area contributed by atoms with Crippen molar-refractivity contribution in [1.29, 1.82) is 5.26 Å². The van der Waals surface area contributed by atoms with E-state index in [0.717, 1.165) is 0 Å². The maximum atomic E-state index is 10.7. The molecule has 0 unspecified atom stereocenters. The Morgan fingerprint density at radius 1 is 1.60 bits per heavy atom. The topological polar surface area (TPSA) is 50.1 Å². The van der Waals surface area contributed by atoms with E-state index < -0.39 is 0 Å². The lowest BCUT2D eigenvalue weighted by Crippen LogP contribution is -2.03. The summed E-state index contributed by atoms with van der Waals surface area (Å²) in [6.45, 7) is 1.76. The largest absolute Gasteiger partial charge is 0.492 e. The van der Waals surface area contributed by atoms with Gasteiger partial charge in [-0.25, -0.2) is 0 Å². The minimum atomic E-state index is 0.0514. The number of rotatable bonds is 4. The molecule has 0 heterocycles. The van der Waals surface area contributed by atoms with Crippen LogP contribution in [0, 0.1) is 11.3 Å². The van der Waals surface area contributed by atoms with Gasteiger partial charge in [-0.2, -0.15) is 5.26 Å². The monoisotopic (exact) mass is 223 g/mol. The minimum absolute atomic E-state index is 0.0514. The molecule has 78 valence electrons. The number of halogens is 1. The maximum Gasteiger partial charge on any atom is 0.138 e. The summed E-state index contributed by atoms with van der Waals surface area (Å²) in [5.41, 5.74) is 0.419. The Labute approximate surface area is 93.2 Å². The lowest BCUT2D eigenvalue weighted by atomic mass is 10.2. The van der Waals surface area contributed by atoms with E-state index in [2.05, 4.69) is 0 Å². The zero-order valence-corrected chi connectivity index (χ0v) is 9.04. The first-order valence-corrected chi connectivity index (χ1v) is 4.83. The van der Waals surface area contributed by atoms with Gasteiger partial charge in [-0.05, 0) is 19.1 Å². The molecule has 0 aliphatic heterocycles. The van der Waals surface area contributed by atoms with Crippen molar-refractivity contribution in [3.05, 3.63) is 28.8 Å². The molecule has 4 heteroatoms. The lowest BCUT2D eigenvalue weighted by Gasteiger charge is -2.06. The van der Waals surface area contributed by atoms with Crippen molar-refractivity contribution in [2.75, 3.05) is 6.61 Å². The van der Waals surface area contributed by atoms with E-state index in [4.69, 9.17) is 21.6 Å². The van der Waals surface area contributed by atoms with Crippen LogP contribution >= 0.6 is 11.6 Å². The van der Waals surface area contributed by atoms with E-state index in [-0.39, 0.29) is 12.4 Å². The second kappa shape index (κ2) is 5.38. The van der Waals surface area contributed by atoms with Gasteiger partial charge < -0.3 is 4.74 Å². The second-order valence-electron chi connectivity index (χ2n) is 3.05. The zero-order valence-electron chi connectivity index (χ0n) is 8.29. The summed E-state index contributed by atoms with van der Waals surface area (Å²) in [7, 11) is 0. The van der Waals surface area contributed by atoms with Crippen LogP contribution in [0.2, 0.25) is 5.02 Å². The van der Waals surface area contributed by atoms with Gasteiger partial charge in [-0.3, -0.25) is 4.79 Å². The highest BCUT2D eigenvalue weighted by atomic mass is 35.5. The normalized spacial score (nSPS) is 9.40. The summed E-state index contributed by atoms with van der Waals surface area (Å²) >= 11 is 5.76. The summed E-state index contributed by atoms with van der Waals surface area (Å²) in [6.07, 6.45) is 0.331. The molecule has 15 heavy (non-hydrogen) atoms. The van der Waals surface area contributed by atoms with Crippen molar-refractivity contribution >= 4 is 17.4 Å². The number of ether oxygens (including phenoxy) is 1. The number of ketones is 1. The van der Waals surface area contributed by atoms with Crippen LogP contribution in [0.1, 0.15) is 18.9 Å². The Morgan fingerprint density at radius 2 is 2.33 bits per heavy atom. The first kappa shape index (κ1) is 11.5. The molecular weight excluding hydrogens is 214 g/mol. The number of carbonyl (C=O) groups excluding carboxylic acids is 1. The van der Waals surface area contributed by atoms with Crippen LogP contribution in [0.5, 0.6) is 5.75 Å². The average Bonchev–Trinajstić information content (AvgIpc) is 2.17. The molecule has 1 aromatic carbocycles. The lowest BCUT2D eigenvalue weighted by molar-refractivity contribution is -0.117. The number of benzene rings is 1. The molecule has 0 aromatic heterocycles. The highest BCUT2D eigenvalue weighted by Crippen LogP contribution is 2.22. The molecule has 0 amide bonds. The molecule has 0 aliphatic rings. The highest BCUT2D eigenvalue weighted by molar-refractivity contribution is 6.30. The van der Waals surface area contributed by atoms with Gasteiger partial charge in [0, 0.05) is 17.5 Å². The van der Waals surface area contributed by atoms with Crippen LogP contribution in [0.3, 0.4) is 0 Å². The fourth-order valence-electron chi connectivity index (χ4n) is 1.01. The summed E-state index contributed by atoms with van der Waals surface area (Å²) in [4.78, 5) is 10.7. The molecule has 0 saturated heterocycles. The van der Waals surface area contributed by atoms with Gasteiger partial charge in [0.05, 0.1) is 12.2 Å². The van der Waals surface area contributed by atoms with Gasteiger partial charge in [0.15, 0.2) is 0 Å². The molecule has 0 radical (unpaired) electrons. The molecule has 3 nitrogen and oxygen atoms in total. The molecule has 0 atom stereocenters. The average molecular weight is 224 g/mol. The van der Waals surface area contributed by atoms with Gasteiger partial charge >= 0.3 is 0 Å². The van der Waals surface area contributed by atoms with Crippen LogP contribution < -0.4 is 4.74 Å². The predicted octanol–water partition coefficient (Wildman–Crippen LogP) is 2.57. The number of nitrogens with zero attached hydrogens (tertiary/aromatic N) is 1. The van der Waals surface area contributed by atoms with Crippen LogP contribution in [0.4, 0.5) is 0 Å². The fourth-order valence-corrected chi connectivity index (χ4v) is 1.17. The maximum absolute atomic E-state index is 10.7. The quantitative estimate of drug-likeness (QED) is 0.788. The second-order valence-corrected chi connectivity index (χ2v) is 3.49. The SMILES string of the molecule is CC(=O)CCOc1cc(Cl)ccc1C#N. The van der Waals surface area contributed by atoms with Gasteiger partial charge in [-0.1, -0.05) is 11.6 Å². The number of carbonyl (C=O) groups is 1. The predicted molar refractivity (Wildman–Crippen MR) is 57.0 cm³/mol. The third-order valence-corrected chi connectivity index (χ3v) is 2.01. The molecule has 0 aliphatic carbocycles. The van der Waals surface area contributed by atoms with E-state index in [9.17, 15) is 4.79 Å². The zero-order chi connectivity index (χ0) is 11.3. The van der Waals surface area contributed by atoms with Crippen molar-refractivity contribution < 1.29 is 9.53 Å². The first-order chi connectivity index (χ1) is 7.13. The Hall–Kier alpha value is -1.53. The molecule has 0 N–H and O–H groups in total. The number of Topliss-reactive ketones (excluding diaryl/α,β-unsaturated/α-hetero) is 1. The van der Waals surface area contributed by atoms with Crippen LogP contribution in [-0.4, -0.2) is 12.4 Å². The number of nitriles is 1. The Bertz CT molecular complexity index is 410. The van der Waals surface area contributed by atoms with Crippen molar-refractivity contribution in [3.8, 4) is 11.8 Å². The van der Waals surface area contributed by atoms with E-state index in [1.165, 1.54) is 6.92 Å². The minimum Gasteiger partial charge on any atom is -0.492 e. The number of hydrogen-bond acceptors (Lipinski definition) is 3. The third kappa shape index (κ3) is 3.61. The summed E-state index contributed by atoms with van der Waals surface area (Å²) in [5.74, 6) is 0.474. The Morgan fingerprint density at radius 3 is 2.93 bits per heavy atom. The molecular formula is C11H10ClNO2. The Kier molecular flexibility index (Phi) is 4.14. The van der Waals surface area contributed by atoms with E-state index in [0.29, 0.717) is 22.8 Å².